The van der Waals surface area contributed by atoms with E-state index in [2.05, 4.69) is 77.9 Å². The maximum absolute atomic E-state index is 15.1. The van der Waals surface area contributed by atoms with E-state index in [1.165, 1.54) is 61.4 Å². The summed E-state index contributed by atoms with van der Waals surface area (Å²) in [5, 5.41) is 39.4. The van der Waals surface area contributed by atoms with Crippen LogP contribution < -0.4 is 20.6 Å². The minimum atomic E-state index is -4.00. The summed E-state index contributed by atoms with van der Waals surface area (Å²) >= 11 is 3.44. The number of sulfonamides is 4. The van der Waals surface area contributed by atoms with E-state index < -0.39 is 63.4 Å². The lowest BCUT2D eigenvalue weighted by Gasteiger charge is -2.32. The van der Waals surface area contributed by atoms with Gasteiger partial charge in [-0.1, -0.05) is 137 Å². The van der Waals surface area contributed by atoms with Crippen LogP contribution >= 0.6 is 15.9 Å². The lowest BCUT2D eigenvalue weighted by molar-refractivity contribution is -0.0422. The van der Waals surface area contributed by atoms with Crippen molar-refractivity contribution in [1.82, 2.24) is 58.7 Å². The SMILES string of the molecule is CCC1CN(Cc2cc(Cc3cccc(C)c3)n(-c3ccc(S(N)(=O)=O)cc3F)n2)CCO1.Cc1cccc(Cc2cc(CN(C)C3CCCOC3)nn2-c2ccc(S(N)(=O)=O)cc2F)c1.Cc1cccc(Cc2cc(CN3CCOC(C4CC4)C3)nn2-c2ccc(S(N)(=O)=O)cc2F)c1.NS(=O)(=O)c1ccc(-n2nc(CN3CC=CCC3)cc2Cc2ccc(Br)cc2)c(F)c1. The van der Waals surface area contributed by atoms with Gasteiger partial charge in [0.05, 0.1) is 74.4 Å². The highest BCUT2D eigenvalue weighted by atomic mass is 79.9. The largest absolute Gasteiger partial charge is 0.380 e. The van der Waals surface area contributed by atoms with Gasteiger partial charge in [0.1, 0.15) is 46.0 Å². The number of nitrogens with zero attached hydrogens (tertiary/aromatic N) is 12. The molecule has 8 aromatic carbocycles. The van der Waals surface area contributed by atoms with Gasteiger partial charge in [-0.05, 0) is 204 Å². The maximum atomic E-state index is 15.1. The molecule has 1 saturated carbocycles. The Balaban J connectivity index is 0.000000141. The lowest BCUT2D eigenvalue weighted by atomic mass is 10.1. The molecule has 0 spiro atoms. The molecule has 3 saturated heterocycles. The van der Waals surface area contributed by atoms with Crippen molar-refractivity contribution in [3.63, 3.8) is 0 Å². The number of primary sulfonamides is 4. The molecule has 694 valence electrons. The van der Waals surface area contributed by atoms with Crippen LogP contribution in [-0.2, 0) is 106 Å². The number of hydrogen-bond donors (Lipinski definition) is 4. The Kier molecular flexibility index (Phi) is 31.7. The Hall–Kier alpha value is -10.1. The summed E-state index contributed by atoms with van der Waals surface area (Å²) in [6.07, 6.45) is 13.5. The molecule has 17 rings (SSSR count). The smallest absolute Gasteiger partial charge is 0.238 e. The summed E-state index contributed by atoms with van der Waals surface area (Å²) in [7, 11) is -13.9. The van der Waals surface area contributed by atoms with Crippen molar-refractivity contribution >= 4 is 56.0 Å². The minimum absolute atomic E-state index is 0.181. The molecule has 8 heterocycles. The third-order valence-electron chi connectivity index (χ3n) is 23.4. The molecule has 0 amide bonds. The number of halogens is 5. The zero-order valence-corrected chi connectivity index (χ0v) is 78.5. The Morgan fingerprint density at radius 2 is 0.824 bits per heavy atom. The second-order valence-electron chi connectivity index (χ2n) is 34.0. The fourth-order valence-electron chi connectivity index (χ4n) is 16.6. The van der Waals surface area contributed by atoms with Gasteiger partial charge in [0.25, 0.3) is 0 Å². The first kappa shape index (κ1) is 96.9. The van der Waals surface area contributed by atoms with E-state index in [0.717, 1.165) is 185 Å². The number of morpholine rings is 2. The van der Waals surface area contributed by atoms with Gasteiger partial charge in [0.15, 0.2) is 0 Å². The molecule has 3 unspecified atom stereocenters. The van der Waals surface area contributed by atoms with Crippen LogP contribution in [-0.4, -0.2) is 183 Å². The third-order valence-corrected chi connectivity index (χ3v) is 27.6. The lowest BCUT2D eigenvalue weighted by Crippen LogP contribution is -2.42. The standard InChI is InChI=1S/C25H29FN4O3S.2C24H29FN4O3S.C22H22BrFN4O2S/c1-17-3-2-4-18(11-17)12-21-13-20(15-29-9-10-33-25(16-29)19-5-6-19)28-30(21)24-8-7-22(14-23(24)26)34(27,31)32;1-17-5-3-6-18(11-17)12-21-13-19(15-28(2)20-7-4-10-32-16-20)27-29(21)24-9-8-22(14-23(24)25)33(26,30)31;1-3-21-16-28(9-10-32-21)15-19-13-20(12-18-6-4-5-17(2)11-18)29(27-19)24-8-7-22(14-23(24)25)33(26,30)31;23-17-6-4-16(5-7-17)12-19-13-18(15-27-10-2-1-3-11-27)26-28(19)22-9-8-20(14-21(22)24)31(25,29)30/h2-4,7-8,11,13-14,19,25H,5-6,9-10,12,15-16H2,1H3,(H2,27,31,32);3,5-6,8-9,11,13-14,20H,4,7,10,12,15-16H2,1-2H3,(H2,26,30,31);4-8,11,13-14,21H,3,9-10,12,15-16H2,1-2H3,(H2,26,30,31);1-2,4-9,13-14H,3,10-12,15H2,(H2,25,29,30). The van der Waals surface area contributed by atoms with Crippen molar-refractivity contribution in [2.24, 2.45) is 26.5 Å². The predicted octanol–water partition coefficient (Wildman–Crippen LogP) is 13.3. The number of likely N-dealkylation sites (N-methyl/N-ethyl adjacent to an activating group) is 1. The fraction of sp³-hybridized carbons (Fsp3) is 0.347. The van der Waals surface area contributed by atoms with Gasteiger partial charge >= 0.3 is 0 Å². The van der Waals surface area contributed by atoms with E-state index in [1.54, 1.807) is 18.7 Å². The number of aryl methyl sites for hydroxylation is 3. The first-order chi connectivity index (χ1) is 62.5. The van der Waals surface area contributed by atoms with Crippen molar-refractivity contribution in [3.8, 4) is 22.7 Å². The van der Waals surface area contributed by atoms with Crippen molar-refractivity contribution in [3.05, 3.63) is 319 Å². The van der Waals surface area contributed by atoms with Gasteiger partial charge in [-0.2, -0.15) is 20.4 Å². The summed E-state index contributed by atoms with van der Waals surface area (Å²) in [6, 6.07) is 55.2. The average Bonchev–Trinajstić information content (AvgIpc) is 1.66. The molecule has 1 aliphatic carbocycles. The van der Waals surface area contributed by atoms with Crippen molar-refractivity contribution in [1.29, 1.82) is 0 Å². The summed E-state index contributed by atoms with van der Waals surface area (Å²) in [5.41, 5.74) is 15.1. The summed E-state index contributed by atoms with van der Waals surface area (Å²) in [4.78, 5) is 8.05. The summed E-state index contributed by atoms with van der Waals surface area (Å²) < 4.78 is 177. The average molecular weight is 1940 g/mol. The molecular weight excluding hydrogens is 1830 g/mol. The van der Waals surface area contributed by atoms with Crippen LogP contribution in [0, 0.1) is 50.0 Å². The molecule has 12 aromatic rings. The van der Waals surface area contributed by atoms with Gasteiger partial charge in [0, 0.05) is 131 Å². The summed E-state index contributed by atoms with van der Waals surface area (Å²) in [6.45, 7) is 18.8. The number of aromatic nitrogens is 8. The zero-order chi connectivity index (χ0) is 93.1. The van der Waals surface area contributed by atoms with Crippen LogP contribution in [0.3, 0.4) is 0 Å². The van der Waals surface area contributed by atoms with Gasteiger partial charge in [-0.25, -0.2) is 90.5 Å². The van der Waals surface area contributed by atoms with E-state index in [-0.39, 0.29) is 54.5 Å². The normalized spacial score (nSPS) is 17.2. The van der Waals surface area contributed by atoms with E-state index >= 15 is 13.2 Å². The highest BCUT2D eigenvalue weighted by Gasteiger charge is 2.36. The van der Waals surface area contributed by atoms with E-state index in [1.807, 2.05) is 131 Å². The van der Waals surface area contributed by atoms with Crippen LogP contribution in [0.4, 0.5) is 17.6 Å². The molecule has 0 bridgehead atoms. The monoisotopic (exact) mass is 1930 g/mol. The van der Waals surface area contributed by atoms with Gasteiger partial charge in [0.2, 0.25) is 40.1 Å². The Labute approximate surface area is 771 Å². The zero-order valence-electron chi connectivity index (χ0n) is 73.6. The second kappa shape index (κ2) is 42.8. The molecular formula is C95H109BrF4N16O11S4. The topological polar surface area (TPSA) is 353 Å². The number of benzene rings is 8. The van der Waals surface area contributed by atoms with Crippen LogP contribution in [0.5, 0.6) is 0 Å². The van der Waals surface area contributed by atoms with Gasteiger partial charge < -0.3 is 14.2 Å². The summed E-state index contributed by atoms with van der Waals surface area (Å²) in [5.74, 6) is -2.11. The molecule has 3 atom stereocenters. The molecule has 0 radical (unpaired) electrons. The number of rotatable bonds is 27. The molecule has 131 heavy (non-hydrogen) atoms. The van der Waals surface area contributed by atoms with Crippen LogP contribution in [0.2, 0.25) is 0 Å². The first-order valence-electron chi connectivity index (χ1n) is 43.4. The van der Waals surface area contributed by atoms with Crippen molar-refractivity contribution in [2.75, 3.05) is 72.7 Å². The van der Waals surface area contributed by atoms with Crippen molar-refractivity contribution in [2.45, 2.75) is 156 Å². The number of ether oxygens (including phenoxy) is 3. The van der Waals surface area contributed by atoms with Crippen LogP contribution in [0.25, 0.3) is 22.7 Å². The van der Waals surface area contributed by atoms with E-state index in [4.69, 9.17) is 50.1 Å². The molecule has 5 aliphatic rings. The minimum Gasteiger partial charge on any atom is -0.380 e. The van der Waals surface area contributed by atoms with Crippen LogP contribution in [0.1, 0.15) is 130 Å². The Morgan fingerprint density at radius 1 is 0.435 bits per heavy atom. The van der Waals surface area contributed by atoms with Gasteiger partial charge in [-0.3, -0.25) is 19.6 Å². The molecule has 27 nitrogen and oxygen atoms in total. The Morgan fingerprint density at radius 3 is 1.19 bits per heavy atom. The van der Waals surface area contributed by atoms with E-state index in [9.17, 15) is 38.1 Å². The highest BCUT2D eigenvalue weighted by Crippen LogP contribution is 2.37. The molecule has 4 aliphatic heterocycles. The second-order valence-corrected chi connectivity index (χ2v) is 41.1. The quantitative estimate of drug-likeness (QED) is 0.0274. The van der Waals surface area contributed by atoms with Gasteiger partial charge in [-0.15, -0.1) is 0 Å². The first-order valence-corrected chi connectivity index (χ1v) is 50.3. The maximum Gasteiger partial charge on any atom is 0.238 e. The fourth-order valence-corrected chi connectivity index (χ4v) is 18.9. The molecule has 36 heteroatoms. The van der Waals surface area contributed by atoms with Crippen LogP contribution in [0.15, 0.2) is 230 Å². The molecule has 4 aromatic heterocycles. The Bertz CT molecular complexity index is 6400. The molecule has 4 fully saturated rings. The van der Waals surface area contributed by atoms with Crippen molar-refractivity contribution < 1.29 is 65.4 Å². The molecule has 8 N–H and O–H groups in total. The number of nitrogens with two attached hydrogens (primary N) is 4. The predicted molar refractivity (Wildman–Crippen MR) is 496 cm³/mol. The van der Waals surface area contributed by atoms with E-state index in [0.29, 0.717) is 83.6 Å². The highest BCUT2D eigenvalue weighted by molar-refractivity contribution is 9.10. The number of hydrogen-bond acceptors (Lipinski definition) is 19. The third kappa shape index (κ3) is 26.5.